The zero-order chi connectivity index (χ0) is 20.9. The fourth-order valence-electron chi connectivity index (χ4n) is 2.43. The molecule has 0 radical (unpaired) electrons. The second kappa shape index (κ2) is 9.16. The molecule has 1 aromatic heterocycles. The highest BCUT2D eigenvalue weighted by Crippen LogP contribution is 2.28. The molecule has 0 aliphatic rings. The van der Waals surface area contributed by atoms with E-state index in [-0.39, 0.29) is 11.7 Å². The van der Waals surface area contributed by atoms with E-state index in [9.17, 15) is 13.2 Å². The molecule has 1 N–H and O–H groups in total. The predicted octanol–water partition coefficient (Wildman–Crippen LogP) is 3.00. The fourth-order valence-corrected chi connectivity index (χ4v) is 3.25. The second-order valence-electron chi connectivity index (χ2n) is 6.49. The summed E-state index contributed by atoms with van der Waals surface area (Å²) >= 11 is 6.26. The molecule has 1 heterocycles. The minimum Gasteiger partial charge on any atom is -0.352 e. The maximum atomic E-state index is 12.2. The molecular weight excluding hydrogens is 400 g/mol. The Balaban J connectivity index is 2.07. The number of sulfone groups is 1. The molecule has 9 heteroatoms. The summed E-state index contributed by atoms with van der Waals surface area (Å²) in [6.45, 7) is 3.67. The van der Waals surface area contributed by atoms with Crippen LogP contribution in [0.5, 0.6) is 0 Å². The van der Waals surface area contributed by atoms with Gasteiger partial charge < -0.3 is 10.2 Å². The van der Waals surface area contributed by atoms with Crippen molar-refractivity contribution >= 4 is 33.2 Å². The summed E-state index contributed by atoms with van der Waals surface area (Å²) in [6, 6.07) is 7.07. The van der Waals surface area contributed by atoms with Gasteiger partial charge in [0.25, 0.3) is 5.91 Å². The largest absolute Gasteiger partial charge is 0.352 e. The Kier molecular flexibility index (Phi) is 7.15. The third-order valence-corrected chi connectivity index (χ3v) is 5.14. The van der Waals surface area contributed by atoms with Gasteiger partial charge in [-0.25, -0.2) is 18.4 Å². The molecule has 0 aliphatic carbocycles. The zero-order valence-electron chi connectivity index (χ0n) is 16.1. The Morgan fingerprint density at radius 1 is 1.21 bits per heavy atom. The molecule has 2 rings (SSSR count). The van der Waals surface area contributed by atoms with Crippen molar-refractivity contribution in [3.05, 3.63) is 64.4 Å². The van der Waals surface area contributed by atoms with Crippen LogP contribution < -0.4 is 10.2 Å². The topological polar surface area (TPSA) is 92.3 Å². The first-order valence-electron chi connectivity index (χ1n) is 8.57. The molecule has 0 bridgehead atoms. The highest BCUT2D eigenvalue weighted by atomic mass is 35.5. The molecule has 0 aliphatic heterocycles. The number of benzene rings is 1. The number of anilines is 1. The number of halogens is 1. The zero-order valence-corrected chi connectivity index (χ0v) is 17.7. The molecule has 2 aromatic rings. The van der Waals surface area contributed by atoms with Crippen LogP contribution in [0.2, 0.25) is 5.02 Å². The lowest BCUT2D eigenvalue weighted by Gasteiger charge is -2.26. The van der Waals surface area contributed by atoms with Crippen molar-refractivity contribution in [2.45, 2.75) is 25.9 Å². The van der Waals surface area contributed by atoms with E-state index in [4.69, 9.17) is 11.6 Å². The van der Waals surface area contributed by atoms with E-state index in [0.717, 1.165) is 17.2 Å². The van der Waals surface area contributed by atoms with Crippen molar-refractivity contribution in [3.63, 3.8) is 0 Å². The van der Waals surface area contributed by atoms with Crippen molar-refractivity contribution in [3.8, 4) is 0 Å². The van der Waals surface area contributed by atoms with E-state index in [0.29, 0.717) is 10.8 Å². The third-order valence-electron chi connectivity index (χ3n) is 4.14. The van der Waals surface area contributed by atoms with Crippen LogP contribution in [0.4, 0.5) is 5.82 Å². The average molecular weight is 423 g/mol. The SMILES string of the molecule is C[C@H](/C=C/S(C)(=O)=O)NC(=O)c1cnc(N(C)[C@@H](C)c2ccccc2Cl)cn1. The molecule has 0 fully saturated rings. The van der Waals surface area contributed by atoms with Crippen LogP contribution in [0.1, 0.15) is 35.9 Å². The summed E-state index contributed by atoms with van der Waals surface area (Å²) < 4.78 is 22.3. The summed E-state index contributed by atoms with van der Waals surface area (Å²) in [5.74, 6) is 0.153. The van der Waals surface area contributed by atoms with Crippen molar-refractivity contribution < 1.29 is 13.2 Å². The number of rotatable bonds is 7. The third kappa shape index (κ3) is 6.03. The van der Waals surface area contributed by atoms with Gasteiger partial charge in [0.15, 0.2) is 9.84 Å². The molecule has 28 heavy (non-hydrogen) atoms. The van der Waals surface area contributed by atoms with Gasteiger partial charge in [-0.15, -0.1) is 0 Å². The van der Waals surface area contributed by atoms with Crippen LogP contribution in [0.25, 0.3) is 0 Å². The van der Waals surface area contributed by atoms with Gasteiger partial charge in [-0.3, -0.25) is 4.79 Å². The van der Waals surface area contributed by atoms with Crippen LogP contribution in [-0.4, -0.2) is 43.6 Å². The summed E-state index contributed by atoms with van der Waals surface area (Å²) in [7, 11) is -1.37. The number of amides is 1. The number of carbonyl (C=O) groups excluding carboxylic acids is 1. The van der Waals surface area contributed by atoms with Crippen LogP contribution in [-0.2, 0) is 9.84 Å². The van der Waals surface area contributed by atoms with Crippen molar-refractivity contribution in [2.75, 3.05) is 18.2 Å². The van der Waals surface area contributed by atoms with Crippen LogP contribution >= 0.6 is 11.6 Å². The van der Waals surface area contributed by atoms with E-state index >= 15 is 0 Å². The fraction of sp³-hybridized carbons (Fsp3) is 0.316. The Labute approximate surface area is 170 Å². The Morgan fingerprint density at radius 2 is 1.89 bits per heavy atom. The smallest absolute Gasteiger partial charge is 0.271 e. The maximum absolute atomic E-state index is 12.2. The molecule has 0 saturated carbocycles. The Hall–Kier alpha value is -2.45. The predicted molar refractivity (Wildman–Crippen MR) is 111 cm³/mol. The summed E-state index contributed by atoms with van der Waals surface area (Å²) in [5, 5.41) is 4.37. The van der Waals surface area contributed by atoms with Gasteiger partial charge in [0, 0.05) is 29.8 Å². The number of hydrogen-bond acceptors (Lipinski definition) is 6. The Morgan fingerprint density at radius 3 is 2.46 bits per heavy atom. The minimum absolute atomic E-state index is 0.0381. The lowest BCUT2D eigenvalue weighted by Crippen LogP contribution is -2.32. The number of aromatic nitrogens is 2. The molecule has 0 saturated heterocycles. The molecule has 150 valence electrons. The first-order valence-corrected chi connectivity index (χ1v) is 10.9. The van der Waals surface area contributed by atoms with Crippen LogP contribution in [0.15, 0.2) is 48.1 Å². The summed E-state index contributed by atoms with van der Waals surface area (Å²) in [6.07, 6.45) is 5.38. The first kappa shape index (κ1) is 21.8. The Bertz CT molecular complexity index is 961. The second-order valence-corrected chi connectivity index (χ2v) is 8.83. The average Bonchev–Trinajstić information content (AvgIpc) is 2.65. The van der Waals surface area contributed by atoms with Crippen molar-refractivity contribution in [1.82, 2.24) is 15.3 Å². The van der Waals surface area contributed by atoms with Gasteiger partial charge in [0.1, 0.15) is 11.5 Å². The molecular formula is C19H23ClN4O3S. The van der Waals surface area contributed by atoms with Gasteiger partial charge in [-0.2, -0.15) is 0 Å². The number of hydrogen-bond donors (Lipinski definition) is 1. The lowest BCUT2D eigenvalue weighted by molar-refractivity contribution is 0.0941. The molecule has 1 aromatic carbocycles. The van der Waals surface area contributed by atoms with Gasteiger partial charge in [0.05, 0.1) is 18.4 Å². The summed E-state index contributed by atoms with van der Waals surface area (Å²) in [5.41, 5.74) is 1.10. The van der Waals surface area contributed by atoms with Gasteiger partial charge in [-0.1, -0.05) is 35.9 Å². The minimum atomic E-state index is -3.24. The number of carbonyl (C=O) groups is 1. The van der Waals surface area contributed by atoms with Crippen LogP contribution in [0.3, 0.4) is 0 Å². The standard InChI is InChI=1S/C19H23ClN4O3S/c1-13(9-10-28(4,26)27)23-19(25)17-11-22-18(12-21-17)24(3)14(2)15-7-5-6-8-16(15)20/h5-14H,1-4H3,(H,23,25)/b10-9+/t13-,14+/m1/s1. The van der Waals surface area contributed by atoms with Gasteiger partial charge in [0.2, 0.25) is 0 Å². The molecule has 2 atom stereocenters. The quantitative estimate of drug-likeness (QED) is 0.737. The first-order chi connectivity index (χ1) is 13.1. The highest BCUT2D eigenvalue weighted by molar-refractivity contribution is 7.93. The molecule has 0 unspecified atom stereocenters. The van der Waals surface area contributed by atoms with Crippen LogP contribution in [0, 0.1) is 0 Å². The van der Waals surface area contributed by atoms with E-state index in [1.165, 1.54) is 18.5 Å². The maximum Gasteiger partial charge on any atom is 0.271 e. The van der Waals surface area contributed by atoms with Gasteiger partial charge in [-0.05, 0) is 25.5 Å². The highest BCUT2D eigenvalue weighted by Gasteiger charge is 2.17. The monoisotopic (exact) mass is 422 g/mol. The number of nitrogens with zero attached hydrogens (tertiary/aromatic N) is 3. The number of nitrogens with one attached hydrogen (secondary N) is 1. The van der Waals surface area contributed by atoms with E-state index in [2.05, 4.69) is 15.3 Å². The van der Waals surface area contributed by atoms with E-state index in [1.54, 1.807) is 6.92 Å². The van der Waals surface area contributed by atoms with Crippen molar-refractivity contribution in [1.29, 1.82) is 0 Å². The van der Waals surface area contributed by atoms with Gasteiger partial charge >= 0.3 is 0 Å². The normalized spacial score (nSPS) is 13.9. The lowest BCUT2D eigenvalue weighted by atomic mass is 10.1. The van der Waals surface area contributed by atoms with Crippen molar-refractivity contribution in [2.24, 2.45) is 0 Å². The van der Waals surface area contributed by atoms with E-state index < -0.39 is 21.8 Å². The molecule has 0 spiro atoms. The van der Waals surface area contributed by atoms with E-state index in [1.807, 2.05) is 43.1 Å². The molecule has 7 nitrogen and oxygen atoms in total. The molecule has 1 amide bonds. The summed E-state index contributed by atoms with van der Waals surface area (Å²) in [4.78, 5) is 22.6.